The number of carbonyl (C=O) groups excluding carboxylic acids is 3. The number of hydrogen-bond acceptors (Lipinski definition) is 11. The Bertz CT molecular complexity index is 1280. The summed E-state index contributed by atoms with van der Waals surface area (Å²) in [6, 6.07) is 0.817. The second-order valence-corrected chi connectivity index (χ2v) is 9.20. The van der Waals surface area contributed by atoms with Gasteiger partial charge in [0.05, 0.1) is 28.6 Å². The van der Waals surface area contributed by atoms with Crippen LogP contribution < -0.4 is 5.73 Å². The lowest BCUT2D eigenvalue weighted by Crippen LogP contribution is -2.70. The summed E-state index contributed by atoms with van der Waals surface area (Å²) < 4.78 is 0. The lowest BCUT2D eigenvalue weighted by atomic mass is 9.54. The number of phenols is 1. The molecule has 6 unspecified atom stereocenters. The second-order valence-electron chi connectivity index (χ2n) is 9.20. The fourth-order valence-electron chi connectivity index (χ4n) is 5.75. The van der Waals surface area contributed by atoms with Crippen LogP contribution in [0.15, 0.2) is 29.0 Å². The Balaban J connectivity index is 2.07. The van der Waals surface area contributed by atoms with Crippen molar-refractivity contribution < 1.29 is 44.8 Å². The summed E-state index contributed by atoms with van der Waals surface area (Å²) in [5, 5.41) is 66.6. The molecule has 13 nitrogen and oxygen atoms in total. The van der Waals surface area contributed by atoms with Crippen molar-refractivity contribution in [1.29, 1.82) is 0 Å². The molecule has 0 heterocycles. The number of ketones is 2. The van der Waals surface area contributed by atoms with Crippen molar-refractivity contribution in [1.82, 2.24) is 4.90 Å². The molecule has 0 spiro atoms. The third-order valence-electron chi connectivity index (χ3n) is 7.30. The van der Waals surface area contributed by atoms with E-state index in [0.29, 0.717) is 0 Å². The highest BCUT2D eigenvalue weighted by Crippen LogP contribution is 2.56. The highest BCUT2D eigenvalue weighted by Gasteiger charge is 2.68. The molecule has 6 atom stereocenters. The molecule has 0 saturated heterocycles. The number of hydrogen-bond donors (Lipinski definition) is 6. The predicted octanol–water partition coefficient (Wildman–Crippen LogP) is -0.596. The molecule has 0 bridgehead atoms. The summed E-state index contributed by atoms with van der Waals surface area (Å²) in [4.78, 5) is 50.4. The van der Waals surface area contributed by atoms with Gasteiger partial charge in [-0.15, -0.1) is 0 Å². The molecular weight excluding hydrogens is 466 g/mol. The lowest BCUT2D eigenvalue weighted by molar-refractivity contribution is -0.385. The zero-order chi connectivity index (χ0) is 26.3. The van der Waals surface area contributed by atoms with E-state index in [9.17, 15) is 50.0 Å². The van der Waals surface area contributed by atoms with E-state index in [0.717, 1.165) is 6.07 Å². The summed E-state index contributed by atoms with van der Waals surface area (Å²) in [5.41, 5.74) is -0.450. The number of Topliss-reactive ketones (excluding diaryl/α,β-unsaturated/α-hetero) is 2. The molecule has 1 amide bonds. The topological polar surface area (TPSA) is 225 Å². The van der Waals surface area contributed by atoms with Crippen molar-refractivity contribution in [2.75, 3.05) is 14.1 Å². The van der Waals surface area contributed by atoms with Crippen LogP contribution in [0.1, 0.15) is 24.0 Å². The molecule has 1 aromatic rings. The van der Waals surface area contributed by atoms with Gasteiger partial charge in [-0.1, -0.05) is 13.0 Å². The average Bonchev–Trinajstić information content (AvgIpc) is 2.75. The first-order valence-corrected chi connectivity index (χ1v) is 10.5. The number of phenolic OH excluding ortho intramolecular Hbond substituents is 1. The number of primary amides is 1. The minimum Gasteiger partial charge on any atom is -0.508 e. The van der Waals surface area contributed by atoms with Crippen LogP contribution in [0.2, 0.25) is 0 Å². The SMILES string of the molecule is CC1c2ccc([N+](=O)[O-])c(O)c2C(O)=C2C(=O)C3(O)C(O)=C(C(N)=O)C(=O)C(N(C)C)C3C(O)C21. The molecule has 0 aliphatic heterocycles. The Hall–Kier alpha value is -3.81. The quantitative estimate of drug-likeness (QED) is 0.179. The van der Waals surface area contributed by atoms with Crippen LogP contribution in [0.4, 0.5) is 5.69 Å². The minimum absolute atomic E-state index is 0.178. The summed E-state index contributed by atoms with van der Waals surface area (Å²) in [7, 11) is 2.81. The lowest BCUT2D eigenvalue weighted by Gasteiger charge is -2.53. The Kier molecular flexibility index (Phi) is 5.28. The zero-order valence-corrected chi connectivity index (χ0v) is 18.8. The van der Waals surface area contributed by atoms with Gasteiger partial charge in [-0.05, 0) is 25.6 Å². The molecule has 1 saturated carbocycles. The molecule has 0 aromatic heterocycles. The molecule has 186 valence electrons. The van der Waals surface area contributed by atoms with Gasteiger partial charge in [-0.2, -0.15) is 0 Å². The maximum absolute atomic E-state index is 13.7. The largest absolute Gasteiger partial charge is 0.508 e. The highest BCUT2D eigenvalue weighted by molar-refractivity contribution is 6.24. The normalized spacial score (nSPS) is 32.3. The summed E-state index contributed by atoms with van der Waals surface area (Å²) in [5.74, 6) is -10.7. The number of nitrogens with two attached hydrogens (primary N) is 1. The van der Waals surface area contributed by atoms with Gasteiger partial charge in [0.25, 0.3) is 5.91 Å². The first-order chi connectivity index (χ1) is 16.2. The van der Waals surface area contributed by atoms with E-state index in [1.807, 2.05) is 0 Å². The van der Waals surface area contributed by atoms with Crippen molar-refractivity contribution in [3.8, 4) is 5.75 Å². The predicted molar refractivity (Wildman–Crippen MR) is 117 cm³/mol. The van der Waals surface area contributed by atoms with Crippen LogP contribution in [0.25, 0.3) is 5.76 Å². The van der Waals surface area contributed by atoms with Gasteiger partial charge in [-0.25, -0.2) is 0 Å². The number of benzene rings is 1. The number of nitro benzene ring substituents is 1. The Labute approximate surface area is 197 Å². The zero-order valence-electron chi connectivity index (χ0n) is 18.8. The van der Waals surface area contributed by atoms with Gasteiger partial charge >= 0.3 is 5.69 Å². The number of rotatable bonds is 3. The van der Waals surface area contributed by atoms with Crippen molar-refractivity contribution in [2.24, 2.45) is 17.6 Å². The van der Waals surface area contributed by atoms with E-state index in [1.54, 1.807) is 0 Å². The Morgan fingerprint density at radius 3 is 2.31 bits per heavy atom. The fourth-order valence-corrected chi connectivity index (χ4v) is 5.75. The van der Waals surface area contributed by atoms with Gasteiger partial charge < -0.3 is 31.3 Å². The van der Waals surface area contributed by atoms with E-state index in [4.69, 9.17) is 5.73 Å². The number of aliphatic hydroxyl groups is 4. The number of nitrogens with zero attached hydrogens (tertiary/aromatic N) is 2. The number of aromatic hydroxyl groups is 1. The van der Waals surface area contributed by atoms with Crippen molar-refractivity contribution in [2.45, 2.75) is 30.6 Å². The van der Waals surface area contributed by atoms with Crippen LogP contribution in [0, 0.1) is 22.0 Å². The van der Waals surface area contributed by atoms with Crippen LogP contribution in [-0.4, -0.2) is 84.7 Å². The number of fused-ring (bicyclic) bond motifs is 3. The molecule has 1 fully saturated rings. The van der Waals surface area contributed by atoms with E-state index >= 15 is 0 Å². The van der Waals surface area contributed by atoms with Gasteiger partial charge in [0.15, 0.2) is 11.4 Å². The minimum atomic E-state index is -3.04. The van der Waals surface area contributed by atoms with E-state index in [-0.39, 0.29) is 5.56 Å². The van der Waals surface area contributed by atoms with E-state index in [1.165, 1.54) is 32.0 Å². The Morgan fingerprint density at radius 1 is 1.20 bits per heavy atom. The molecule has 3 aliphatic rings. The number of amides is 1. The van der Waals surface area contributed by atoms with Gasteiger partial charge in [-0.3, -0.25) is 29.4 Å². The monoisotopic (exact) mass is 489 g/mol. The fraction of sp³-hybridized carbons (Fsp3) is 0.409. The third-order valence-corrected chi connectivity index (χ3v) is 7.30. The van der Waals surface area contributed by atoms with Crippen molar-refractivity contribution >= 4 is 28.9 Å². The molecule has 3 aliphatic carbocycles. The summed E-state index contributed by atoms with van der Waals surface area (Å²) >= 11 is 0. The third kappa shape index (κ3) is 2.89. The highest BCUT2D eigenvalue weighted by atomic mass is 16.6. The molecule has 13 heteroatoms. The van der Waals surface area contributed by atoms with Crippen LogP contribution in [0.3, 0.4) is 0 Å². The molecule has 1 aromatic carbocycles. The molecule has 35 heavy (non-hydrogen) atoms. The maximum Gasteiger partial charge on any atom is 0.311 e. The van der Waals surface area contributed by atoms with E-state index in [2.05, 4.69) is 0 Å². The standard InChI is InChI=1S/C22H23N3O10/c1-6-7-4-5-8(25(34)35)15(26)10(7)16(27)11-9(6)17(28)13-14(24(2)3)18(29)12(21(23)32)20(31)22(13,33)19(11)30/h4-6,9,13-14,17,26-28,31,33H,1-3H3,(H2,23,32). The first kappa shape index (κ1) is 24.3. The van der Waals surface area contributed by atoms with Crippen molar-refractivity contribution in [3.05, 3.63) is 50.3 Å². The van der Waals surface area contributed by atoms with Crippen LogP contribution >= 0.6 is 0 Å². The molecule has 7 N–H and O–H groups in total. The molecule has 0 radical (unpaired) electrons. The van der Waals surface area contributed by atoms with Gasteiger partial charge in [0.1, 0.15) is 17.1 Å². The number of aliphatic hydroxyl groups excluding tert-OH is 3. The van der Waals surface area contributed by atoms with Crippen LogP contribution in [0.5, 0.6) is 5.75 Å². The van der Waals surface area contributed by atoms with E-state index < -0.39 is 97.6 Å². The average molecular weight is 489 g/mol. The van der Waals surface area contributed by atoms with Gasteiger partial charge in [0.2, 0.25) is 11.5 Å². The molecular formula is C22H23N3O10. The number of nitro groups is 1. The molecule has 4 rings (SSSR count). The second kappa shape index (κ2) is 7.60. The maximum atomic E-state index is 13.7. The van der Waals surface area contributed by atoms with Gasteiger partial charge in [0, 0.05) is 17.6 Å². The first-order valence-electron chi connectivity index (χ1n) is 10.5. The smallest absolute Gasteiger partial charge is 0.311 e. The van der Waals surface area contributed by atoms with Crippen molar-refractivity contribution in [3.63, 3.8) is 0 Å². The summed E-state index contributed by atoms with van der Waals surface area (Å²) in [6.45, 7) is 1.53. The number of carbonyl (C=O) groups is 3. The number of likely N-dealkylation sites (N-methyl/N-ethyl adjacent to an activating group) is 1. The Morgan fingerprint density at radius 2 is 1.80 bits per heavy atom. The van der Waals surface area contributed by atoms with Crippen LogP contribution in [-0.2, 0) is 14.4 Å². The summed E-state index contributed by atoms with van der Waals surface area (Å²) in [6.07, 6.45) is -1.73.